The molecule has 0 atom stereocenters. The van der Waals surface area contributed by atoms with Crippen LogP contribution in [0.5, 0.6) is 0 Å². The Morgan fingerprint density at radius 2 is 1.22 bits per heavy atom. The van der Waals surface area contributed by atoms with Gasteiger partial charge in [-0.15, -0.1) is 0 Å². The maximum atomic E-state index is 11.4. The third kappa shape index (κ3) is 14.6. The van der Waals surface area contributed by atoms with Crippen molar-refractivity contribution in [2.24, 2.45) is 0 Å². The van der Waals surface area contributed by atoms with Crippen molar-refractivity contribution in [1.82, 2.24) is 44.7 Å². The molecule has 0 aromatic carbocycles. The zero-order valence-corrected chi connectivity index (χ0v) is 29.5. The summed E-state index contributed by atoms with van der Waals surface area (Å²) in [6, 6.07) is 15.0. The summed E-state index contributed by atoms with van der Waals surface area (Å²) in [5.41, 5.74) is 1.03. The maximum Gasteiger partial charge on any atom is 1.00 e. The Bertz CT molecular complexity index is 1740. The second-order valence-electron chi connectivity index (χ2n) is 8.59. The zero-order chi connectivity index (χ0) is 33.9. The van der Waals surface area contributed by atoms with E-state index in [9.17, 15) is 14.4 Å². The van der Waals surface area contributed by atoms with Crippen LogP contribution in [0.1, 0.15) is 44.9 Å². The van der Waals surface area contributed by atoms with Crippen molar-refractivity contribution in [1.29, 1.82) is 0 Å². The second-order valence-corrected chi connectivity index (χ2v) is 8.98. The minimum Gasteiger partial charge on any atom is -0.870 e. The van der Waals surface area contributed by atoms with Crippen LogP contribution in [0.3, 0.4) is 0 Å². The monoisotopic (exact) mass is 699 g/mol. The SMILES string of the molecule is CCOC(=O)c1ccc(-n2cccn2)nc1.CCOC(=O)c1ccc(Cl)nc1.O=C(O)c1ccc(-n2cccn2)nc1.[Na+].[OH-].c1cn[nH]c1. The molecule has 0 aliphatic rings. The topological polar surface area (TPSA) is 223 Å². The number of ether oxygens (including phenoxy) is 2. The van der Waals surface area contributed by atoms with Gasteiger partial charge in [-0.1, -0.05) is 11.6 Å². The first-order valence-corrected chi connectivity index (χ1v) is 14.2. The molecular formula is C31H31ClN9NaO7. The minimum absolute atomic E-state index is 0. The molecule has 0 aliphatic carbocycles. The van der Waals surface area contributed by atoms with Crippen LogP contribution in [0.25, 0.3) is 11.6 Å². The molecule has 0 bridgehead atoms. The molecule has 6 rings (SSSR count). The minimum atomic E-state index is -0.982. The van der Waals surface area contributed by atoms with Crippen LogP contribution in [-0.4, -0.2) is 86.4 Å². The predicted molar refractivity (Wildman–Crippen MR) is 171 cm³/mol. The van der Waals surface area contributed by atoms with Gasteiger partial charge in [-0.2, -0.15) is 15.3 Å². The van der Waals surface area contributed by atoms with Gasteiger partial charge in [0.15, 0.2) is 11.6 Å². The van der Waals surface area contributed by atoms with Crippen molar-refractivity contribution >= 4 is 29.5 Å². The van der Waals surface area contributed by atoms with Gasteiger partial charge in [-0.3, -0.25) is 5.10 Å². The van der Waals surface area contributed by atoms with Crippen molar-refractivity contribution in [3.8, 4) is 11.6 Å². The molecule has 18 heteroatoms. The third-order valence-electron chi connectivity index (χ3n) is 5.38. The largest absolute Gasteiger partial charge is 1.00 e. The van der Waals surface area contributed by atoms with Crippen molar-refractivity contribution in [2.45, 2.75) is 13.8 Å². The van der Waals surface area contributed by atoms with Crippen LogP contribution in [0.4, 0.5) is 0 Å². The Kier molecular flexibility index (Phi) is 19.7. The number of nitrogens with one attached hydrogen (secondary N) is 1. The third-order valence-corrected chi connectivity index (χ3v) is 5.60. The zero-order valence-electron chi connectivity index (χ0n) is 26.7. The van der Waals surface area contributed by atoms with Crippen LogP contribution in [-0.2, 0) is 9.47 Å². The average Bonchev–Trinajstić information content (AvgIpc) is 3.92. The number of carboxylic acids is 1. The van der Waals surface area contributed by atoms with Crippen molar-refractivity contribution in [3.05, 3.63) is 132 Å². The molecule has 6 aromatic heterocycles. The van der Waals surface area contributed by atoms with Gasteiger partial charge in [-0.25, -0.2) is 38.7 Å². The Hall–Kier alpha value is -5.26. The van der Waals surface area contributed by atoms with E-state index in [-0.39, 0.29) is 52.5 Å². The normalized spacial score (nSPS) is 9.29. The number of rotatable bonds is 7. The van der Waals surface area contributed by atoms with Crippen LogP contribution in [0, 0.1) is 0 Å². The van der Waals surface area contributed by atoms with Crippen molar-refractivity contribution in [3.63, 3.8) is 0 Å². The molecule has 0 spiro atoms. The van der Waals surface area contributed by atoms with Gasteiger partial charge < -0.3 is 20.1 Å². The van der Waals surface area contributed by atoms with Crippen LogP contribution in [0.15, 0.2) is 110 Å². The first kappa shape index (κ1) is 41.8. The summed E-state index contributed by atoms with van der Waals surface area (Å²) in [6.07, 6.45) is 14.5. The smallest absolute Gasteiger partial charge is 0.870 e. The molecule has 49 heavy (non-hydrogen) atoms. The summed E-state index contributed by atoms with van der Waals surface area (Å²) < 4.78 is 12.8. The second kappa shape index (κ2) is 23.1. The molecule has 0 amide bonds. The molecule has 0 aliphatic heterocycles. The summed E-state index contributed by atoms with van der Waals surface area (Å²) in [7, 11) is 0. The van der Waals surface area contributed by atoms with Crippen LogP contribution < -0.4 is 29.6 Å². The Balaban J connectivity index is 0.000000339. The number of halogens is 1. The number of carbonyl (C=O) groups is 3. The number of hydrogen-bond donors (Lipinski definition) is 2. The van der Waals surface area contributed by atoms with Gasteiger partial charge in [0.2, 0.25) is 0 Å². The number of esters is 2. The molecule has 6 heterocycles. The maximum absolute atomic E-state index is 11.4. The first-order valence-electron chi connectivity index (χ1n) is 13.9. The number of nitrogens with zero attached hydrogens (tertiary/aromatic N) is 8. The van der Waals surface area contributed by atoms with Crippen molar-refractivity contribution < 1.29 is 64.0 Å². The molecule has 3 N–H and O–H groups in total. The number of carboxylic acid groups (broad SMARTS) is 1. The Morgan fingerprint density at radius 1 is 0.735 bits per heavy atom. The molecule has 0 radical (unpaired) electrons. The number of pyridine rings is 3. The van der Waals surface area contributed by atoms with E-state index in [0.717, 1.165) is 0 Å². The van der Waals surface area contributed by atoms with E-state index in [1.807, 2.05) is 6.07 Å². The molecule has 0 saturated heterocycles. The van der Waals surface area contributed by atoms with E-state index in [2.05, 4.69) is 35.3 Å². The predicted octanol–water partition coefficient (Wildman–Crippen LogP) is 1.56. The number of aromatic amines is 1. The van der Waals surface area contributed by atoms with E-state index in [0.29, 0.717) is 41.1 Å². The van der Waals surface area contributed by atoms with Gasteiger partial charge in [0.05, 0.1) is 29.9 Å². The summed E-state index contributed by atoms with van der Waals surface area (Å²) in [5, 5.41) is 23.2. The van der Waals surface area contributed by atoms with Gasteiger partial charge in [-0.05, 0) is 68.4 Å². The Labute approximate surface area is 307 Å². The number of hydrogen-bond acceptors (Lipinski definition) is 12. The molecule has 0 fully saturated rings. The molecule has 0 unspecified atom stereocenters. The van der Waals surface area contributed by atoms with Crippen LogP contribution >= 0.6 is 11.6 Å². The fourth-order valence-corrected chi connectivity index (χ4v) is 3.35. The van der Waals surface area contributed by atoms with Gasteiger partial charge >= 0.3 is 47.5 Å². The summed E-state index contributed by atoms with van der Waals surface area (Å²) in [6.45, 7) is 4.24. The summed E-state index contributed by atoms with van der Waals surface area (Å²) in [5.74, 6) is -0.453. The molecular weight excluding hydrogens is 669 g/mol. The van der Waals surface area contributed by atoms with Crippen molar-refractivity contribution in [2.75, 3.05) is 13.2 Å². The van der Waals surface area contributed by atoms with E-state index in [1.54, 1.807) is 103 Å². The van der Waals surface area contributed by atoms with Gasteiger partial charge in [0.1, 0.15) is 5.15 Å². The van der Waals surface area contributed by atoms with Gasteiger partial charge in [0, 0.05) is 55.8 Å². The fraction of sp³-hybridized carbons (Fsp3) is 0.129. The van der Waals surface area contributed by atoms with E-state index < -0.39 is 5.97 Å². The summed E-state index contributed by atoms with van der Waals surface area (Å²) in [4.78, 5) is 44.8. The standard InChI is InChI=1S/C11H11N3O2.C9H7N3O2.C8H8ClNO2.C3H4N2.Na.H2O/c1-2-16-11(15)9-4-5-10(12-8-9)14-7-3-6-13-14;13-9(14)7-2-3-8(10-6-7)12-5-1-4-11-12;1-2-12-8(11)6-3-4-7(9)10-5-6;1-2-4-5-3-1;;/h3-8H,2H2,1H3;1-6H,(H,13,14);3-5H,2H2,1H3;1-3H,(H,4,5);;1H2/q;;;;+1;/p-1. The average molecular weight is 700 g/mol. The van der Waals surface area contributed by atoms with E-state index in [4.69, 9.17) is 26.2 Å². The van der Waals surface area contributed by atoms with Gasteiger partial charge in [0.25, 0.3) is 0 Å². The van der Waals surface area contributed by atoms with E-state index in [1.165, 1.54) is 24.7 Å². The number of carbonyl (C=O) groups excluding carboxylic acids is 2. The first-order chi connectivity index (χ1) is 22.8. The Morgan fingerprint density at radius 3 is 1.53 bits per heavy atom. The molecule has 6 aromatic rings. The molecule has 16 nitrogen and oxygen atoms in total. The number of aromatic carboxylic acids is 1. The summed E-state index contributed by atoms with van der Waals surface area (Å²) >= 11 is 5.53. The van der Waals surface area contributed by atoms with Crippen LogP contribution in [0.2, 0.25) is 5.15 Å². The quantitative estimate of drug-likeness (QED) is 0.137. The molecule has 0 saturated carbocycles. The van der Waals surface area contributed by atoms with E-state index >= 15 is 0 Å². The number of H-pyrrole nitrogens is 1. The number of aromatic nitrogens is 9. The fourth-order valence-electron chi connectivity index (χ4n) is 3.24. The molecule has 250 valence electrons.